The molecule has 4 nitrogen and oxygen atoms in total. The Morgan fingerprint density at radius 2 is 2.07 bits per heavy atom. The van der Waals surface area contributed by atoms with Gasteiger partial charge >= 0.3 is 0 Å². The lowest BCUT2D eigenvalue weighted by Gasteiger charge is -2.07. The molecule has 0 fully saturated rings. The van der Waals surface area contributed by atoms with Gasteiger partial charge in [-0.15, -0.1) is 0 Å². The van der Waals surface area contributed by atoms with E-state index in [1.807, 2.05) is 0 Å². The van der Waals surface area contributed by atoms with Crippen LogP contribution in [0.2, 0.25) is 0 Å². The average Bonchev–Trinajstić information content (AvgIpc) is 2.15. The first-order valence-electron chi connectivity index (χ1n) is 3.68. The topological polar surface area (TPSA) is 60.4 Å². The fraction of sp³-hybridized carbons (Fsp3) is 0.125. The molecule has 0 unspecified atom stereocenters. The van der Waals surface area contributed by atoms with Gasteiger partial charge in [0.05, 0.1) is 12.7 Å². The number of methoxy groups -OCH3 is 1. The Hall–Kier alpha value is -1.14. The van der Waals surface area contributed by atoms with Gasteiger partial charge in [0.15, 0.2) is 6.29 Å². The van der Waals surface area contributed by atoms with Crippen molar-refractivity contribution in [3.05, 3.63) is 23.5 Å². The summed E-state index contributed by atoms with van der Waals surface area (Å²) in [6.07, 6.45) is 0.0765. The van der Waals surface area contributed by atoms with Crippen molar-refractivity contribution < 1.29 is 22.3 Å². The monoisotopic (exact) mass is 252 g/mol. The Labute approximate surface area is 90.0 Å². The van der Waals surface area contributed by atoms with E-state index in [-0.39, 0.29) is 12.0 Å². The maximum absolute atomic E-state index is 13.1. The van der Waals surface area contributed by atoms with Crippen molar-refractivity contribution in [2.24, 2.45) is 0 Å². The van der Waals surface area contributed by atoms with E-state index < -0.39 is 25.3 Å². The summed E-state index contributed by atoms with van der Waals surface area (Å²) < 4.78 is 40.0. The number of carbonyl (C=O) groups is 1. The van der Waals surface area contributed by atoms with E-state index in [2.05, 4.69) is 4.74 Å². The van der Waals surface area contributed by atoms with Crippen LogP contribution in [0.4, 0.5) is 4.39 Å². The summed E-state index contributed by atoms with van der Waals surface area (Å²) in [5, 5.41) is 0. The van der Waals surface area contributed by atoms with Crippen LogP contribution in [0.3, 0.4) is 0 Å². The molecule has 0 bridgehead atoms. The van der Waals surface area contributed by atoms with Crippen molar-refractivity contribution in [3.8, 4) is 5.75 Å². The minimum absolute atomic E-state index is 0.0765. The van der Waals surface area contributed by atoms with Crippen LogP contribution in [0.25, 0.3) is 0 Å². The van der Waals surface area contributed by atoms with Crippen LogP contribution in [-0.2, 0) is 9.05 Å². The molecule has 0 aromatic heterocycles. The minimum atomic E-state index is -4.23. The Balaban J connectivity index is 3.70. The van der Waals surface area contributed by atoms with Gasteiger partial charge < -0.3 is 4.74 Å². The molecular formula is C8H6ClFO4S. The number of carbonyl (C=O) groups excluding carboxylic acids is 1. The Kier molecular flexibility index (Phi) is 3.31. The third kappa shape index (κ3) is 2.27. The highest BCUT2D eigenvalue weighted by atomic mass is 35.7. The molecule has 7 heteroatoms. The maximum atomic E-state index is 13.1. The number of rotatable bonds is 3. The normalized spacial score (nSPS) is 11.1. The van der Waals surface area contributed by atoms with Gasteiger partial charge in [-0.3, -0.25) is 4.79 Å². The van der Waals surface area contributed by atoms with Crippen LogP contribution < -0.4 is 4.74 Å². The summed E-state index contributed by atoms with van der Waals surface area (Å²) in [6, 6.07) is 2.01. The molecule has 0 heterocycles. The van der Waals surface area contributed by atoms with E-state index in [0.29, 0.717) is 0 Å². The lowest BCUT2D eigenvalue weighted by Crippen LogP contribution is -2.03. The summed E-state index contributed by atoms with van der Waals surface area (Å²) in [6.45, 7) is 0. The largest absolute Gasteiger partial charge is 0.495 e. The van der Waals surface area contributed by atoms with Crippen molar-refractivity contribution in [1.82, 2.24) is 0 Å². The zero-order chi connectivity index (χ0) is 11.6. The molecule has 1 aromatic carbocycles. The van der Waals surface area contributed by atoms with Gasteiger partial charge in [0.25, 0.3) is 9.05 Å². The highest BCUT2D eigenvalue weighted by molar-refractivity contribution is 8.13. The second-order valence-electron chi connectivity index (χ2n) is 2.55. The van der Waals surface area contributed by atoms with Crippen molar-refractivity contribution in [2.45, 2.75) is 4.90 Å². The van der Waals surface area contributed by atoms with Crippen molar-refractivity contribution in [3.63, 3.8) is 0 Å². The summed E-state index contributed by atoms with van der Waals surface area (Å²) >= 11 is 0. The minimum Gasteiger partial charge on any atom is -0.495 e. The van der Waals surface area contributed by atoms with Crippen LogP contribution in [0, 0.1) is 5.82 Å². The number of hydrogen-bond acceptors (Lipinski definition) is 4. The highest BCUT2D eigenvalue weighted by Gasteiger charge is 2.24. The van der Waals surface area contributed by atoms with Gasteiger partial charge in [0, 0.05) is 10.7 Å². The fourth-order valence-electron chi connectivity index (χ4n) is 1.08. The zero-order valence-electron chi connectivity index (χ0n) is 7.53. The number of halogens is 2. The Morgan fingerprint density at radius 1 is 1.47 bits per heavy atom. The van der Waals surface area contributed by atoms with Gasteiger partial charge in [0.1, 0.15) is 16.5 Å². The van der Waals surface area contributed by atoms with E-state index in [0.717, 1.165) is 12.1 Å². The van der Waals surface area contributed by atoms with E-state index >= 15 is 0 Å². The summed E-state index contributed by atoms with van der Waals surface area (Å²) in [7, 11) is 2.02. The molecular weight excluding hydrogens is 247 g/mol. The summed E-state index contributed by atoms with van der Waals surface area (Å²) in [5.74, 6) is -1.14. The van der Waals surface area contributed by atoms with Crippen molar-refractivity contribution in [1.29, 1.82) is 0 Å². The van der Waals surface area contributed by atoms with E-state index in [1.54, 1.807) is 0 Å². The first kappa shape index (κ1) is 11.9. The van der Waals surface area contributed by atoms with Crippen LogP contribution in [0.5, 0.6) is 5.75 Å². The predicted octanol–water partition coefficient (Wildman–Crippen LogP) is 1.57. The molecule has 0 saturated carbocycles. The molecule has 0 amide bonds. The molecule has 0 radical (unpaired) electrons. The van der Waals surface area contributed by atoms with Crippen molar-refractivity contribution in [2.75, 3.05) is 7.11 Å². The molecule has 1 aromatic rings. The predicted molar refractivity (Wildman–Crippen MR) is 51.4 cm³/mol. The number of benzene rings is 1. The van der Waals surface area contributed by atoms with Gasteiger partial charge in [-0.05, 0) is 12.1 Å². The number of hydrogen-bond donors (Lipinski definition) is 0. The average molecular weight is 253 g/mol. The van der Waals surface area contributed by atoms with Gasteiger partial charge in [-0.25, -0.2) is 12.8 Å². The summed E-state index contributed by atoms with van der Waals surface area (Å²) in [5.41, 5.74) is -0.635. The molecule has 0 saturated heterocycles. The molecule has 0 spiro atoms. The van der Waals surface area contributed by atoms with E-state index in [4.69, 9.17) is 10.7 Å². The SMILES string of the molecule is COc1ccc(F)c(C=O)c1S(=O)(=O)Cl. The van der Waals surface area contributed by atoms with Gasteiger partial charge in [0.2, 0.25) is 0 Å². The third-order valence-electron chi connectivity index (χ3n) is 1.69. The second-order valence-corrected chi connectivity index (χ2v) is 5.05. The number of aldehydes is 1. The molecule has 15 heavy (non-hydrogen) atoms. The van der Waals surface area contributed by atoms with E-state index in [1.165, 1.54) is 7.11 Å². The molecule has 0 aliphatic carbocycles. The molecule has 0 aliphatic rings. The first-order chi connectivity index (χ1) is 6.91. The van der Waals surface area contributed by atoms with E-state index in [9.17, 15) is 17.6 Å². The molecule has 82 valence electrons. The van der Waals surface area contributed by atoms with Gasteiger partial charge in [-0.2, -0.15) is 0 Å². The van der Waals surface area contributed by atoms with Crippen LogP contribution in [0.15, 0.2) is 17.0 Å². The lowest BCUT2D eigenvalue weighted by atomic mass is 10.2. The van der Waals surface area contributed by atoms with Gasteiger partial charge in [-0.1, -0.05) is 0 Å². The van der Waals surface area contributed by atoms with Crippen molar-refractivity contribution >= 4 is 26.0 Å². The lowest BCUT2D eigenvalue weighted by molar-refractivity contribution is 0.111. The van der Waals surface area contributed by atoms with Crippen LogP contribution >= 0.6 is 10.7 Å². The standard InChI is InChI=1S/C8H6ClFO4S/c1-14-7-3-2-6(10)5(4-11)8(7)15(9,12)13/h2-4H,1H3. The fourth-order valence-corrected chi connectivity index (χ4v) is 2.36. The molecule has 0 aliphatic heterocycles. The maximum Gasteiger partial charge on any atom is 0.265 e. The Morgan fingerprint density at radius 3 is 2.47 bits per heavy atom. The van der Waals surface area contributed by atoms with Crippen LogP contribution in [0.1, 0.15) is 10.4 Å². The quantitative estimate of drug-likeness (QED) is 0.605. The summed E-state index contributed by atoms with van der Waals surface area (Å²) in [4.78, 5) is 9.89. The highest BCUT2D eigenvalue weighted by Crippen LogP contribution is 2.30. The number of ether oxygens (including phenoxy) is 1. The zero-order valence-corrected chi connectivity index (χ0v) is 9.10. The first-order valence-corrected chi connectivity index (χ1v) is 5.99. The Bertz CT molecular complexity index is 498. The molecule has 0 N–H and O–H groups in total. The van der Waals surface area contributed by atoms with Crippen LogP contribution in [-0.4, -0.2) is 21.8 Å². The molecule has 1 rings (SSSR count). The smallest absolute Gasteiger partial charge is 0.265 e. The third-order valence-corrected chi connectivity index (χ3v) is 3.06. The molecule has 0 atom stereocenters. The second kappa shape index (κ2) is 4.16.